The Labute approximate surface area is 110 Å². The summed E-state index contributed by atoms with van der Waals surface area (Å²) in [5, 5.41) is 0. The van der Waals surface area contributed by atoms with Gasteiger partial charge in [0.1, 0.15) is 11.5 Å². The molecule has 0 bridgehead atoms. The molecule has 1 aromatic heterocycles. The van der Waals surface area contributed by atoms with Crippen molar-refractivity contribution in [3.05, 3.63) is 23.2 Å². The Morgan fingerprint density at radius 3 is 2.72 bits per heavy atom. The summed E-state index contributed by atoms with van der Waals surface area (Å²) in [4.78, 5) is 2.58. The summed E-state index contributed by atoms with van der Waals surface area (Å²) in [6, 6.07) is 3.24. The second-order valence-corrected chi connectivity index (χ2v) is 5.77. The van der Waals surface area contributed by atoms with E-state index in [4.69, 9.17) is 10.2 Å². The Morgan fingerprint density at radius 2 is 2.17 bits per heavy atom. The third-order valence-electron chi connectivity index (χ3n) is 4.39. The van der Waals surface area contributed by atoms with Crippen molar-refractivity contribution >= 4 is 0 Å². The van der Waals surface area contributed by atoms with Crippen molar-refractivity contribution in [2.45, 2.75) is 52.6 Å². The van der Waals surface area contributed by atoms with Gasteiger partial charge in [0, 0.05) is 24.2 Å². The van der Waals surface area contributed by atoms with E-state index in [1.54, 1.807) is 0 Å². The standard InChI is InChI=1S/C15H26N2O/c1-10-5-6-14(8-16)9-17(10)12(3)15-7-11(2)18-13(15)4/h7,10,12,14H,5-6,8-9,16H2,1-4H3. The van der Waals surface area contributed by atoms with E-state index in [0.717, 1.165) is 24.6 Å². The van der Waals surface area contributed by atoms with Crippen LogP contribution in [-0.2, 0) is 0 Å². The van der Waals surface area contributed by atoms with Crippen LogP contribution in [0.1, 0.15) is 49.8 Å². The summed E-state index contributed by atoms with van der Waals surface area (Å²) < 4.78 is 5.66. The number of piperidine rings is 1. The lowest BCUT2D eigenvalue weighted by atomic mass is 9.91. The summed E-state index contributed by atoms with van der Waals surface area (Å²) in [6.07, 6.45) is 2.52. The summed E-state index contributed by atoms with van der Waals surface area (Å²) in [6.45, 7) is 10.6. The van der Waals surface area contributed by atoms with Crippen LogP contribution in [0, 0.1) is 19.8 Å². The SMILES string of the molecule is Cc1cc(C(C)N2CC(CN)CCC2C)c(C)o1. The third-order valence-corrected chi connectivity index (χ3v) is 4.39. The van der Waals surface area contributed by atoms with Gasteiger partial charge < -0.3 is 10.2 Å². The average Bonchev–Trinajstić information content (AvgIpc) is 2.68. The zero-order valence-electron chi connectivity index (χ0n) is 12.1. The van der Waals surface area contributed by atoms with Crippen LogP contribution < -0.4 is 5.73 Å². The van der Waals surface area contributed by atoms with Crippen molar-refractivity contribution in [2.75, 3.05) is 13.1 Å². The fourth-order valence-electron chi connectivity index (χ4n) is 3.19. The van der Waals surface area contributed by atoms with Crippen LogP contribution in [0.25, 0.3) is 0 Å². The third kappa shape index (κ3) is 2.62. The van der Waals surface area contributed by atoms with E-state index in [2.05, 4.69) is 31.7 Å². The fraction of sp³-hybridized carbons (Fsp3) is 0.733. The predicted octanol–water partition coefficient (Wildman–Crippen LogP) is 3.02. The molecule has 0 saturated carbocycles. The highest BCUT2D eigenvalue weighted by Gasteiger charge is 2.30. The molecule has 0 aromatic carbocycles. The van der Waals surface area contributed by atoms with E-state index < -0.39 is 0 Å². The molecule has 0 radical (unpaired) electrons. The smallest absolute Gasteiger partial charge is 0.105 e. The molecule has 3 nitrogen and oxygen atoms in total. The first-order valence-corrected chi connectivity index (χ1v) is 7.05. The Morgan fingerprint density at radius 1 is 1.44 bits per heavy atom. The number of nitrogens with zero attached hydrogens (tertiary/aromatic N) is 1. The Bertz CT molecular complexity index is 399. The lowest BCUT2D eigenvalue weighted by Gasteiger charge is -2.41. The minimum atomic E-state index is 0.423. The highest BCUT2D eigenvalue weighted by atomic mass is 16.3. The summed E-state index contributed by atoms with van der Waals surface area (Å²) >= 11 is 0. The molecule has 0 amide bonds. The molecular weight excluding hydrogens is 224 g/mol. The largest absolute Gasteiger partial charge is 0.466 e. The van der Waals surface area contributed by atoms with Crippen LogP contribution in [-0.4, -0.2) is 24.0 Å². The van der Waals surface area contributed by atoms with Gasteiger partial charge in [-0.15, -0.1) is 0 Å². The lowest BCUT2D eigenvalue weighted by molar-refractivity contribution is 0.0806. The molecular formula is C15H26N2O. The predicted molar refractivity (Wildman–Crippen MR) is 74.5 cm³/mol. The van der Waals surface area contributed by atoms with Gasteiger partial charge in [-0.1, -0.05) is 0 Å². The van der Waals surface area contributed by atoms with E-state index in [0.29, 0.717) is 18.0 Å². The molecule has 3 heteroatoms. The minimum Gasteiger partial charge on any atom is -0.466 e. The molecule has 18 heavy (non-hydrogen) atoms. The molecule has 1 fully saturated rings. The van der Waals surface area contributed by atoms with Crippen LogP contribution in [0.4, 0.5) is 0 Å². The molecule has 102 valence electrons. The van der Waals surface area contributed by atoms with Crippen molar-refractivity contribution in [1.29, 1.82) is 0 Å². The van der Waals surface area contributed by atoms with Crippen molar-refractivity contribution in [3.63, 3.8) is 0 Å². The Hall–Kier alpha value is -0.800. The van der Waals surface area contributed by atoms with Gasteiger partial charge in [-0.25, -0.2) is 0 Å². The summed E-state index contributed by atoms with van der Waals surface area (Å²) in [5.41, 5.74) is 7.17. The first kappa shape index (κ1) is 13.6. The van der Waals surface area contributed by atoms with Gasteiger partial charge in [0.25, 0.3) is 0 Å². The molecule has 0 spiro atoms. The van der Waals surface area contributed by atoms with Crippen LogP contribution in [0.5, 0.6) is 0 Å². The van der Waals surface area contributed by atoms with Gasteiger partial charge in [-0.3, -0.25) is 4.90 Å². The number of hydrogen-bond acceptors (Lipinski definition) is 3. The molecule has 3 atom stereocenters. The molecule has 1 saturated heterocycles. The Kier molecular flexibility index (Phi) is 4.13. The number of furan rings is 1. The molecule has 2 N–H and O–H groups in total. The van der Waals surface area contributed by atoms with Gasteiger partial charge in [0.2, 0.25) is 0 Å². The van der Waals surface area contributed by atoms with Gasteiger partial charge >= 0.3 is 0 Å². The molecule has 2 rings (SSSR count). The van der Waals surface area contributed by atoms with Crippen LogP contribution >= 0.6 is 0 Å². The van der Waals surface area contributed by atoms with E-state index >= 15 is 0 Å². The number of hydrogen-bond donors (Lipinski definition) is 1. The Balaban J connectivity index is 2.16. The number of rotatable bonds is 3. The van der Waals surface area contributed by atoms with E-state index in [1.165, 1.54) is 18.4 Å². The van der Waals surface area contributed by atoms with E-state index in [-0.39, 0.29) is 0 Å². The van der Waals surface area contributed by atoms with E-state index in [9.17, 15) is 0 Å². The summed E-state index contributed by atoms with van der Waals surface area (Å²) in [7, 11) is 0. The highest BCUT2D eigenvalue weighted by molar-refractivity contribution is 5.24. The minimum absolute atomic E-state index is 0.423. The zero-order valence-corrected chi connectivity index (χ0v) is 12.1. The monoisotopic (exact) mass is 250 g/mol. The maximum atomic E-state index is 5.84. The number of likely N-dealkylation sites (tertiary alicyclic amines) is 1. The molecule has 1 aliphatic heterocycles. The second-order valence-electron chi connectivity index (χ2n) is 5.77. The molecule has 1 aliphatic rings. The van der Waals surface area contributed by atoms with Crippen molar-refractivity contribution < 1.29 is 4.42 Å². The fourth-order valence-corrected chi connectivity index (χ4v) is 3.19. The first-order chi connectivity index (χ1) is 8.52. The average molecular weight is 250 g/mol. The maximum Gasteiger partial charge on any atom is 0.105 e. The quantitative estimate of drug-likeness (QED) is 0.896. The highest BCUT2D eigenvalue weighted by Crippen LogP contribution is 2.32. The zero-order chi connectivity index (χ0) is 13.3. The molecule has 1 aromatic rings. The maximum absolute atomic E-state index is 5.84. The van der Waals surface area contributed by atoms with Gasteiger partial charge in [0.05, 0.1) is 0 Å². The lowest BCUT2D eigenvalue weighted by Crippen LogP contribution is -2.45. The summed E-state index contributed by atoms with van der Waals surface area (Å²) in [5.74, 6) is 2.72. The first-order valence-electron chi connectivity index (χ1n) is 7.05. The number of aryl methyl sites for hydroxylation is 2. The molecule has 0 aliphatic carbocycles. The van der Waals surface area contributed by atoms with Crippen LogP contribution in [0.3, 0.4) is 0 Å². The van der Waals surface area contributed by atoms with Crippen LogP contribution in [0.15, 0.2) is 10.5 Å². The van der Waals surface area contributed by atoms with Crippen LogP contribution in [0.2, 0.25) is 0 Å². The van der Waals surface area contributed by atoms with E-state index in [1.807, 2.05) is 6.92 Å². The van der Waals surface area contributed by atoms with Crippen molar-refractivity contribution in [1.82, 2.24) is 4.90 Å². The van der Waals surface area contributed by atoms with Crippen molar-refractivity contribution in [3.8, 4) is 0 Å². The van der Waals surface area contributed by atoms with Gasteiger partial charge in [-0.2, -0.15) is 0 Å². The van der Waals surface area contributed by atoms with Crippen molar-refractivity contribution in [2.24, 2.45) is 11.7 Å². The number of nitrogens with two attached hydrogens (primary N) is 1. The topological polar surface area (TPSA) is 42.4 Å². The molecule has 3 unspecified atom stereocenters. The van der Waals surface area contributed by atoms with Gasteiger partial charge in [0.15, 0.2) is 0 Å². The second kappa shape index (κ2) is 5.45. The van der Waals surface area contributed by atoms with Gasteiger partial charge in [-0.05, 0) is 59.1 Å². The normalized spacial score (nSPS) is 27.4. The molecule has 2 heterocycles.